The van der Waals surface area contributed by atoms with Crippen molar-refractivity contribution in [3.8, 4) is 11.5 Å². The lowest BCUT2D eigenvalue weighted by atomic mass is 10.1. The van der Waals surface area contributed by atoms with Gasteiger partial charge in [-0.2, -0.15) is 0 Å². The minimum absolute atomic E-state index is 0.0491. The van der Waals surface area contributed by atoms with Gasteiger partial charge in [0.15, 0.2) is 5.78 Å². The molecule has 0 spiro atoms. The van der Waals surface area contributed by atoms with Gasteiger partial charge in [0, 0.05) is 30.3 Å². The van der Waals surface area contributed by atoms with Gasteiger partial charge >= 0.3 is 0 Å². The summed E-state index contributed by atoms with van der Waals surface area (Å²) in [6, 6.07) is 9.82. The SMILES string of the molecule is COc1cc(OC)c(N2C[C@@H](C(=O)Nc3ccc(C(C)=O)cc3)CC2=O)cc1Cl. The highest BCUT2D eigenvalue weighted by molar-refractivity contribution is 6.32. The van der Waals surface area contributed by atoms with Gasteiger partial charge in [-0.15, -0.1) is 0 Å². The van der Waals surface area contributed by atoms with Crippen molar-refractivity contribution >= 4 is 40.6 Å². The maximum atomic E-state index is 12.6. The third-order valence-electron chi connectivity index (χ3n) is 4.80. The van der Waals surface area contributed by atoms with Gasteiger partial charge in [0.2, 0.25) is 11.8 Å². The molecule has 0 radical (unpaired) electrons. The smallest absolute Gasteiger partial charge is 0.229 e. The molecule has 1 N–H and O–H groups in total. The fraction of sp³-hybridized carbons (Fsp3) is 0.286. The zero-order valence-electron chi connectivity index (χ0n) is 16.3. The van der Waals surface area contributed by atoms with Crippen molar-refractivity contribution in [2.45, 2.75) is 13.3 Å². The fourth-order valence-corrected chi connectivity index (χ4v) is 3.44. The molecule has 0 unspecified atom stereocenters. The number of Topliss-reactive ketones (excluding diaryl/α,β-unsaturated/α-hetero) is 1. The second-order valence-electron chi connectivity index (χ2n) is 6.69. The lowest BCUT2D eigenvalue weighted by molar-refractivity contribution is -0.122. The average molecular weight is 417 g/mol. The van der Waals surface area contributed by atoms with E-state index in [9.17, 15) is 14.4 Å². The minimum atomic E-state index is -0.527. The predicted octanol–water partition coefficient (Wildman–Crippen LogP) is 3.55. The van der Waals surface area contributed by atoms with Gasteiger partial charge in [0.25, 0.3) is 0 Å². The summed E-state index contributed by atoms with van der Waals surface area (Å²) in [5.41, 5.74) is 1.62. The van der Waals surface area contributed by atoms with Crippen molar-refractivity contribution in [2.75, 3.05) is 31.0 Å². The molecule has 1 aliphatic rings. The molecule has 8 heteroatoms. The van der Waals surface area contributed by atoms with Gasteiger partial charge in [-0.25, -0.2) is 0 Å². The lowest BCUT2D eigenvalue weighted by Gasteiger charge is -2.21. The number of nitrogens with one attached hydrogen (secondary N) is 1. The van der Waals surface area contributed by atoms with Crippen LogP contribution in [0.5, 0.6) is 11.5 Å². The monoisotopic (exact) mass is 416 g/mol. The van der Waals surface area contributed by atoms with Gasteiger partial charge in [-0.1, -0.05) is 11.6 Å². The number of nitrogens with zero attached hydrogens (tertiary/aromatic N) is 1. The van der Waals surface area contributed by atoms with Crippen LogP contribution >= 0.6 is 11.6 Å². The van der Waals surface area contributed by atoms with E-state index in [0.29, 0.717) is 33.5 Å². The number of ketones is 1. The van der Waals surface area contributed by atoms with Crippen molar-refractivity contribution in [1.29, 1.82) is 0 Å². The van der Waals surface area contributed by atoms with Gasteiger partial charge in [0.1, 0.15) is 11.5 Å². The second kappa shape index (κ2) is 8.53. The van der Waals surface area contributed by atoms with Crippen molar-refractivity contribution < 1.29 is 23.9 Å². The number of halogens is 1. The lowest BCUT2D eigenvalue weighted by Crippen LogP contribution is -2.28. The Morgan fingerprint density at radius 2 is 1.76 bits per heavy atom. The van der Waals surface area contributed by atoms with Gasteiger partial charge in [-0.3, -0.25) is 14.4 Å². The minimum Gasteiger partial charge on any atom is -0.495 e. The Kier molecular flexibility index (Phi) is 6.08. The Balaban J connectivity index is 1.75. The molecule has 0 aromatic heterocycles. The van der Waals surface area contributed by atoms with E-state index in [1.165, 1.54) is 26.0 Å². The Morgan fingerprint density at radius 3 is 2.34 bits per heavy atom. The topological polar surface area (TPSA) is 84.9 Å². The highest BCUT2D eigenvalue weighted by Gasteiger charge is 2.36. The summed E-state index contributed by atoms with van der Waals surface area (Å²) in [4.78, 5) is 38.1. The molecular formula is C21H21ClN2O5. The molecule has 0 saturated carbocycles. The van der Waals surface area contributed by atoms with Crippen LogP contribution in [0.15, 0.2) is 36.4 Å². The Morgan fingerprint density at radius 1 is 1.10 bits per heavy atom. The van der Waals surface area contributed by atoms with Crippen LogP contribution in [0.1, 0.15) is 23.7 Å². The molecule has 2 aromatic carbocycles. The molecule has 0 aliphatic carbocycles. The fourth-order valence-electron chi connectivity index (χ4n) is 3.20. The zero-order valence-corrected chi connectivity index (χ0v) is 17.1. The number of benzene rings is 2. The van der Waals surface area contributed by atoms with Gasteiger partial charge < -0.3 is 19.7 Å². The predicted molar refractivity (Wildman–Crippen MR) is 110 cm³/mol. The molecule has 1 aliphatic heterocycles. The van der Waals surface area contributed by atoms with E-state index in [1.54, 1.807) is 36.4 Å². The van der Waals surface area contributed by atoms with E-state index < -0.39 is 5.92 Å². The first-order chi connectivity index (χ1) is 13.8. The highest BCUT2D eigenvalue weighted by atomic mass is 35.5. The average Bonchev–Trinajstić information content (AvgIpc) is 3.09. The van der Waals surface area contributed by atoms with Crippen LogP contribution in [0.3, 0.4) is 0 Å². The molecule has 1 heterocycles. The quantitative estimate of drug-likeness (QED) is 0.728. The van der Waals surface area contributed by atoms with Gasteiger partial charge in [0.05, 0.1) is 30.8 Å². The van der Waals surface area contributed by atoms with E-state index >= 15 is 0 Å². The number of hydrogen-bond acceptors (Lipinski definition) is 5. The van der Waals surface area contributed by atoms with Crippen LogP contribution < -0.4 is 19.7 Å². The molecule has 1 fully saturated rings. The number of methoxy groups -OCH3 is 2. The normalized spacial score (nSPS) is 15.9. The standard InChI is InChI=1S/C21H21ClN2O5/c1-12(25)13-4-6-15(7-5-13)23-21(27)14-8-20(26)24(11-14)17-9-16(22)18(28-2)10-19(17)29-3/h4-7,9-10,14H,8,11H2,1-3H3,(H,23,27)/t14-/m0/s1. The third kappa shape index (κ3) is 4.35. The molecule has 152 valence electrons. The van der Waals surface area contributed by atoms with Crippen LogP contribution in [0.25, 0.3) is 0 Å². The summed E-state index contributed by atoms with van der Waals surface area (Å²) in [7, 11) is 2.98. The maximum absolute atomic E-state index is 12.6. The number of carbonyl (C=O) groups excluding carboxylic acids is 3. The third-order valence-corrected chi connectivity index (χ3v) is 5.09. The number of hydrogen-bond donors (Lipinski definition) is 1. The number of amides is 2. The summed E-state index contributed by atoms with van der Waals surface area (Å²) in [5, 5.41) is 3.14. The van der Waals surface area contributed by atoms with Crippen LogP contribution in [-0.4, -0.2) is 38.4 Å². The molecule has 29 heavy (non-hydrogen) atoms. The van der Waals surface area contributed by atoms with E-state index in [2.05, 4.69) is 5.32 Å². The molecule has 1 atom stereocenters. The zero-order chi connectivity index (χ0) is 21.1. The van der Waals surface area contributed by atoms with Crippen molar-refractivity contribution in [2.24, 2.45) is 5.92 Å². The van der Waals surface area contributed by atoms with Crippen molar-refractivity contribution in [3.05, 3.63) is 47.0 Å². The first-order valence-corrected chi connectivity index (χ1v) is 9.35. The van der Waals surface area contributed by atoms with Crippen LogP contribution in [0.2, 0.25) is 5.02 Å². The molecule has 3 rings (SSSR count). The molecule has 7 nitrogen and oxygen atoms in total. The Hall–Kier alpha value is -3.06. The van der Waals surface area contributed by atoms with Crippen LogP contribution in [-0.2, 0) is 9.59 Å². The van der Waals surface area contributed by atoms with Crippen LogP contribution in [0.4, 0.5) is 11.4 Å². The summed E-state index contributed by atoms with van der Waals surface area (Å²) < 4.78 is 10.5. The summed E-state index contributed by atoms with van der Waals surface area (Å²) in [6.45, 7) is 1.68. The summed E-state index contributed by atoms with van der Waals surface area (Å²) in [6.07, 6.45) is 0.0736. The summed E-state index contributed by atoms with van der Waals surface area (Å²) in [5.74, 6) is -0.179. The first kappa shape index (κ1) is 20.7. The number of rotatable bonds is 6. The largest absolute Gasteiger partial charge is 0.495 e. The molecular weight excluding hydrogens is 396 g/mol. The van der Waals surface area contributed by atoms with E-state index in [0.717, 1.165) is 0 Å². The number of ether oxygens (including phenoxy) is 2. The highest BCUT2D eigenvalue weighted by Crippen LogP contribution is 2.40. The van der Waals surface area contributed by atoms with Crippen molar-refractivity contribution in [1.82, 2.24) is 0 Å². The molecule has 2 amide bonds. The number of anilines is 2. The maximum Gasteiger partial charge on any atom is 0.229 e. The molecule has 2 aromatic rings. The van der Waals surface area contributed by atoms with Gasteiger partial charge in [-0.05, 0) is 37.3 Å². The Bertz CT molecular complexity index is 958. The second-order valence-corrected chi connectivity index (χ2v) is 7.09. The summed E-state index contributed by atoms with van der Waals surface area (Å²) >= 11 is 6.20. The molecule has 1 saturated heterocycles. The van der Waals surface area contributed by atoms with E-state index in [-0.39, 0.29) is 30.6 Å². The van der Waals surface area contributed by atoms with E-state index in [1.807, 2.05) is 0 Å². The molecule has 0 bridgehead atoms. The number of carbonyl (C=O) groups is 3. The van der Waals surface area contributed by atoms with Crippen molar-refractivity contribution in [3.63, 3.8) is 0 Å². The Labute approximate surface area is 173 Å². The first-order valence-electron chi connectivity index (χ1n) is 8.97. The van der Waals surface area contributed by atoms with E-state index in [4.69, 9.17) is 21.1 Å². The van der Waals surface area contributed by atoms with Crippen LogP contribution in [0, 0.1) is 5.92 Å².